The molecule has 3 heterocycles. The molecule has 7 nitrogen and oxygen atoms in total. The number of benzene rings is 1. The van der Waals surface area contributed by atoms with Crippen molar-refractivity contribution in [1.82, 2.24) is 14.8 Å². The zero-order valence-electron chi connectivity index (χ0n) is 17.5. The van der Waals surface area contributed by atoms with Crippen LogP contribution in [0.3, 0.4) is 0 Å². The first kappa shape index (κ1) is 20.3. The van der Waals surface area contributed by atoms with Crippen LogP contribution in [0.25, 0.3) is 0 Å². The fourth-order valence-corrected chi connectivity index (χ4v) is 6.60. The van der Waals surface area contributed by atoms with Crippen LogP contribution in [0.4, 0.5) is 13.2 Å². The lowest BCUT2D eigenvalue weighted by Crippen LogP contribution is -2.53. The van der Waals surface area contributed by atoms with Crippen molar-refractivity contribution in [2.75, 3.05) is 0 Å². The van der Waals surface area contributed by atoms with Crippen LogP contribution in [-0.2, 0) is 13.1 Å². The standard InChI is InChI=1S/C23H20F3N3O4/c1-8-17-10-4-15(18(8)17)29-16(10)7-28-6-12(20(30)21(31)19(28)23(29)33)22(32)27-5-11-13(25)2-9(24)3-14(11)26/h2-3,6,8,10,15-18,31H,4-5,7H2,1H3,(H,27,32). The van der Waals surface area contributed by atoms with Gasteiger partial charge in [-0.05, 0) is 30.1 Å². The van der Waals surface area contributed by atoms with E-state index < -0.39 is 58.1 Å². The Morgan fingerprint density at radius 2 is 1.85 bits per heavy atom. The van der Waals surface area contributed by atoms with E-state index >= 15 is 0 Å². The molecule has 2 saturated carbocycles. The van der Waals surface area contributed by atoms with Gasteiger partial charge < -0.3 is 19.9 Å². The predicted octanol–water partition coefficient (Wildman–Crippen LogP) is 2.01. The Morgan fingerprint density at radius 1 is 1.15 bits per heavy atom. The van der Waals surface area contributed by atoms with E-state index in [2.05, 4.69) is 12.2 Å². The summed E-state index contributed by atoms with van der Waals surface area (Å²) in [6.45, 7) is 1.91. The number of halogens is 3. The molecule has 2 N–H and O–H groups in total. The summed E-state index contributed by atoms with van der Waals surface area (Å²) in [4.78, 5) is 40.4. The van der Waals surface area contributed by atoms with E-state index in [1.165, 1.54) is 10.8 Å². The minimum absolute atomic E-state index is 0.0542. The number of nitrogens with zero attached hydrogens (tertiary/aromatic N) is 2. The molecule has 1 aromatic heterocycles. The molecule has 4 aliphatic rings. The summed E-state index contributed by atoms with van der Waals surface area (Å²) in [6.07, 6.45) is 2.14. The average molecular weight is 459 g/mol. The third kappa shape index (κ3) is 2.66. The SMILES string of the molecule is CC1C2C3CC(C12)N1C(=O)c2c(O)c(=O)c(C(=O)NCc4c(F)cc(F)cc4F)cn2CC31. The minimum atomic E-state index is -1.17. The maximum absolute atomic E-state index is 13.9. The van der Waals surface area contributed by atoms with E-state index in [1.807, 2.05) is 4.90 Å². The topological polar surface area (TPSA) is 91.6 Å². The molecular weight excluding hydrogens is 439 g/mol. The number of hydrogen-bond donors (Lipinski definition) is 2. The zero-order chi connectivity index (χ0) is 23.3. The van der Waals surface area contributed by atoms with E-state index in [0.29, 0.717) is 42.3 Å². The first-order valence-corrected chi connectivity index (χ1v) is 10.9. The lowest BCUT2D eigenvalue weighted by molar-refractivity contribution is 0.0465. The van der Waals surface area contributed by atoms with E-state index in [1.54, 1.807) is 0 Å². The van der Waals surface area contributed by atoms with Crippen LogP contribution in [0.1, 0.15) is 39.8 Å². The Hall–Kier alpha value is -3.30. The molecular formula is C23H20F3N3O4. The van der Waals surface area contributed by atoms with Crippen molar-refractivity contribution in [1.29, 1.82) is 0 Å². The smallest absolute Gasteiger partial charge is 0.275 e. The second-order valence-electron chi connectivity index (χ2n) is 9.51. The molecule has 172 valence electrons. The highest BCUT2D eigenvalue weighted by atomic mass is 19.1. The van der Waals surface area contributed by atoms with Gasteiger partial charge >= 0.3 is 0 Å². The Kier molecular flexibility index (Phi) is 4.07. The van der Waals surface area contributed by atoms with Gasteiger partial charge in [-0.1, -0.05) is 6.92 Å². The number of hydrogen-bond acceptors (Lipinski definition) is 4. The normalized spacial score (nSPS) is 30.7. The summed E-state index contributed by atoms with van der Waals surface area (Å²) >= 11 is 0. The quantitative estimate of drug-likeness (QED) is 0.735. The first-order chi connectivity index (χ1) is 15.7. The van der Waals surface area contributed by atoms with E-state index in [4.69, 9.17) is 0 Å². The Morgan fingerprint density at radius 3 is 2.55 bits per heavy atom. The van der Waals surface area contributed by atoms with Crippen molar-refractivity contribution in [2.24, 2.45) is 23.7 Å². The van der Waals surface area contributed by atoms with Crippen molar-refractivity contribution in [3.8, 4) is 5.75 Å². The summed E-state index contributed by atoms with van der Waals surface area (Å²) in [7, 11) is 0. The van der Waals surface area contributed by atoms with Crippen LogP contribution in [0.15, 0.2) is 23.1 Å². The van der Waals surface area contributed by atoms with Crippen molar-refractivity contribution >= 4 is 11.8 Å². The molecule has 2 aliphatic heterocycles. The van der Waals surface area contributed by atoms with Crippen molar-refractivity contribution in [3.63, 3.8) is 0 Å². The summed E-state index contributed by atoms with van der Waals surface area (Å²) in [6, 6.07) is 1.05. The number of carbonyl (C=O) groups is 2. The van der Waals surface area contributed by atoms with E-state index in [9.17, 15) is 32.7 Å². The summed E-state index contributed by atoms with van der Waals surface area (Å²) < 4.78 is 42.2. The molecule has 6 unspecified atom stereocenters. The van der Waals surface area contributed by atoms with Gasteiger partial charge in [0.2, 0.25) is 5.43 Å². The Bertz CT molecular complexity index is 1290. The van der Waals surface area contributed by atoms with Gasteiger partial charge in [-0.3, -0.25) is 14.4 Å². The van der Waals surface area contributed by atoms with Crippen LogP contribution in [0.5, 0.6) is 5.75 Å². The summed E-state index contributed by atoms with van der Waals surface area (Å²) in [5.74, 6) is -3.65. The van der Waals surface area contributed by atoms with Crippen molar-refractivity contribution in [2.45, 2.75) is 38.5 Å². The number of pyridine rings is 1. The highest BCUT2D eigenvalue weighted by Gasteiger charge is 2.70. The van der Waals surface area contributed by atoms with Crippen LogP contribution in [0.2, 0.25) is 0 Å². The van der Waals surface area contributed by atoms with Gasteiger partial charge in [-0.2, -0.15) is 0 Å². The lowest BCUT2D eigenvalue weighted by Gasteiger charge is -2.40. The fourth-order valence-electron chi connectivity index (χ4n) is 6.60. The fraction of sp³-hybridized carbons (Fsp3) is 0.435. The number of aromatic nitrogens is 1. The largest absolute Gasteiger partial charge is 0.503 e. The maximum atomic E-state index is 13.9. The third-order valence-electron chi connectivity index (χ3n) is 8.03. The monoisotopic (exact) mass is 459 g/mol. The molecule has 2 aliphatic carbocycles. The van der Waals surface area contributed by atoms with Gasteiger partial charge in [0.05, 0.1) is 6.04 Å². The molecule has 1 saturated heterocycles. The summed E-state index contributed by atoms with van der Waals surface area (Å²) in [5, 5.41) is 12.8. The van der Waals surface area contributed by atoms with Crippen LogP contribution in [-0.4, -0.2) is 38.5 Å². The third-order valence-corrected chi connectivity index (χ3v) is 8.03. The highest BCUT2D eigenvalue weighted by molar-refractivity contribution is 5.99. The zero-order valence-corrected chi connectivity index (χ0v) is 17.5. The molecule has 0 spiro atoms. The molecule has 10 heteroatoms. The van der Waals surface area contributed by atoms with Crippen LogP contribution in [0, 0.1) is 41.1 Å². The second-order valence-corrected chi connectivity index (χ2v) is 9.51. The summed E-state index contributed by atoms with van der Waals surface area (Å²) in [5.41, 5.74) is -2.18. The van der Waals surface area contributed by atoms with E-state index in [0.717, 1.165) is 6.42 Å². The van der Waals surface area contributed by atoms with Gasteiger partial charge in [0.25, 0.3) is 11.8 Å². The van der Waals surface area contributed by atoms with Crippen LogP contribution < -0.4 is 10.7 Å². The van der Waals surface area contributed by atoms with Crippen molar-refractivity contribution < 1.29 is 27.9 Å². The lowest BCUT2D eigenvalue weighted by atomic mass is 9.93. The molecule has 2 bridgehead atoms. The molecule has 1 aromatic carbocycles. The molecule has 33 heavy (non-hydrogen) atoms. The van der Waals surface area contributed by atoms with E-state index in [-0.39, 0.29) is 17.8 Å². The van der Waals surface area contributed by atoms with Gasteiger partial charge in [-0.25, -0.2) is 13.2 Å². The molecule has 2 aromatic rings. The number of fused-ring (bicyclic) bond motifs is 9. The Balaban J connectivity index is 1.30. The number of aromatic hydroxyl groups is 1. The van der Waals surface area contributed by atoms with Gasteiger partial charge in [-0.15, -0.1) is 0 Å². The second kappa shape index (κ2) is 6.61. The number of rotatable bonds is 3. The number of amides is 2. The minimum Gasteiger partial charge on any atom is -0.503 e. The molecule has 3 fully saturated rings. The maximum Gasteiger partial charge on any atom is 0.275 e. The van der Waals surface area contributed by atoms with Gasteiger partial charge in [0.15, 0.2) is 11.4 Å². The number of piperidine rings is 1. The van der Waals surface area contributed by atoms with Crippen LogP contribution >= 0.6 is 0 Å². The first-order valence-electron chi connectivity index (χ1n) is 10.9. The number of carbonyl (C=O) groups excluding carboxylic acids is 2. The predicted molar refractivity (Wildman–Crippen MR) is 108 cm³/mol. The molecule has 6 atom stereocenters. The molecule has 2 amide bonds. The molecule has 6 rings (SSSR count). The van der Waals surface area contributed by atoms with Gasteiger partial charge in [0.1, 0.15) is 23.0 Å². The Labute approximate surface area is 185 Å². The highest BCUT2D eigenvalue weighted by Crippen LogP contribution is 2.67. The van der Waals surface area contributed by atoms with Gasteiger partial charge in [0, 0.05) is 43.0 Å². The number of nitrogens with one attached hydrogen (secondary N) is 1. The average Bonchev–Trinajstić information content (AvgIpc) is 3.11. The molecule has 0 radical (unpaired) electrons. The van der Waals surface area contributed by atoms with Crippen molar-refractivity contribution in [3.05, 3.63) is 62.8 Å².